The smallest absolute Gasteiger partial charge is 0.241 e. The van der Waals surface area contributed by atoms with Gasteiger partial charge in [-0.15, -0.1) is 0 Å². The molecule has 0 aromatic heterocycles. The molecule has 2 aliphatic heterocycles. The SMILES string of the molecule is Cc1cccc(N2C(=O)CN(CCc3ccccc3)[C@H]3CS(=O)(=O)C[C@H]32)c1. The van der Waals surface area contributed by atoms with E-state index in [9.17, 15) is 13.2 Å². The Hall–Kier alpha value is -2.18. The summed E-state index contributed by atoms with van der Waals surface area (Å²) in [5.74, 6) is 0.147. The minimum Gasteiger partial charge on any atom is -0.306 e. The lowest BCUT2D eigenvalue weighted by Gasteiger charge is -2.43. The number of anilines is 1. The lowest BCUT2D eigenvalue weighted by atomic mass is 10.0. The summed E-state index contributed by atoms with van der Waals surface area (Å²) in [7, 11) is -3.15. The van der Waals surface area contributed by atoms with Crippen LogP contribution in [0, 0.1) is 6.92 Å². The van der Waals surface area contributed by atoms with Crippen molar-refractivity contribution in [3.63, 3.8) is 0 Å². The molecule has 2 atom stereocenters. The topological polar surface area (TPSA) is 57.7 Å². The van der Waals surface area contributed by atoms with Crippen molar-refractivity contribution in [3.8, 4) is 0 Å². The number of rotatable bonds is 4. The molecule has 0 radical (unpaired) electrons. The summed E-state index contributed by atoms with van der Waals surface area (Å²) in [6.45, 7) is 2.93. The summed E-state index contributed by atoms with van der Waals surface area (Å²) in [4.78, 5) is 16.8. The molecule has 2 aliphatic rings. The summed E-state index contributed by atoms with van der Waals surface area (Å²) < 4.78 is 24.8. The molecule has 2 aromatic carbocycles. The maximum Gasteiger partial charge on any atom is 0.241 e. The molecule has 0 unspecified atom stereocenters. The lowest BCUT2D eigenvalue weighted by Crippen LogP contribution is -2.62. The lowest BCUT2D eigenvalue weighted by molar-refractivity contribution is -0.123. The Labute approximate surface area is 160 Å². The molecule has 0 N–H and O–H groups in total. The van der Waals surface area contributed by atoms with Gasteiger partial charge in [0, 0.05) is 18.3 Å². The molecule has 0 spiro atoms. The second-order valence-electron chi connectivity index (χ2n) is 7.52. The van der Waals surface area contributed by atoms with E-state index in [-0.39, 0.29) is 36.0 Å². The zero-order chi connectivity index (χ0) is 19.0. The highest BCUT2D eigenvalue weighted by molar-refractivity contribution is 7.91. The summed E-state index contributed by atoms with van der Waals surface area (Å²) in [5, 5.41) is 0. The van der Waals surface area contributed by atoms with Crippen molar-refractivity contribution in [2.24, 2.45) is 0 Å². The number of hydrogen-bond acceptors (Lipinski definition) is 4. The summed E-state index contributed by atoms with van der Waals surface area (Å²) in [5.41, 5.74) is 3.06. The van der Waals surface area contributed by atoms with E-state index in [1.807, 2.05) is 49.4 Å². The third kappa shape index (κ3) is 3.77. The fraction of sp³-hybridized carbons (Fsp3) is 0.381. The van der Waals surface area contributed by atoms with Crippen molar-refractivity contribution < 1.29 is 13.2 Å². The molecule has 2 fully saturated rings. The van der Waals surface area contributed by atoms with E-state index in [4.69, 9.17) is 0 Å². The van der Waals surface area contributed by atoms with Gasteiger partial charge in [0.25, 0.3) is 0 Å². The van der Waals surface area contributed by atoms with Crippen LogP contribution in [0.4, 0.5) is 5.69 Å². The molecule has 142 valence electrons. The predicted octanol–water partition coefficient (Wildman–Crippen LogP) is 2.05. The van der Waals surface area contributed by atoms with Gasteiger partial charge in [-0.3, -0.25) is 9.69 Å². The number of aryl methyl sites for hydroxylation is 1. The molecular formula is C21H24N2O3S. The summed E-state index contributed by atoms with van der Waals surface area (Å²) >= 11 is 0. The number of hydrogen-bond donors (Lipinski definition) is 0. The molecule has 0 aliphatic carbocycles. The van der Waals surface area contributed by atoms with Crippen molar-refractivity contribution in [1.82, 2.24) is 4.90 Å². The molecule has 2 aromatic rings. The molecule has 0 bridgehead atoms. The first kappa shape index (κ1) is 18.2. The molecule has 6 heteroatoms. The van der Waals surface area contributed by atoms with Gasteiger partial charge in [0.1, 0.15) is 0 Å². The van der Waals surface area contributed by atoms with E-state index in [1.54, 1.807) is 4.90 Å². The van der Waals surface area contributed by atoms with Gasteiger partial charge in [-0.05, 0) is 36.6 Å². The fourth-order valence-electron chi connectivity index (χ4n) is 4.23. The standard InChI is InChI=1S/C21H24N2O3S/c1-16-6-5-9-18(12-16)23-20-15-27(25,26)14-19(20)22(13-21(23)24)11-10-17-7-3-2-4-8-17/h2-9,12,19-20H,10-11,13-15H2,1H3/t19-,20+/m0/s1. The molecule has 0 saturated carbocycles. The van der Waals surface area contributed by atoms with Gasteiger partial charge in [-0.2, -0.15) is 0 Å². The summed E-state index contributed by atoms with van der Waals surface area (Å²) in [6.07, 6.45) is 0.807. The van der Waals surface area contributed by atoms with Gasteiger partial charge in [0.15, 0.2) is 9.84 Å². The third-order valence-corrected chi connectivity index (χ3v) is 7.21. The summed E-state index contributed by atoms with van der Waals surface area (Å²) in [6, 6.07) is 17.4. The normalized spacial score (nSPS) is 24.8. The van der Waals surface area contributed by atoms with Gasteiger partial charge in [-0.1, -0.05) is 42.5 Å². The van der Waals surface area contributed by atoms with Crippen LogP contribution >= 0.6 is 0 Å². The number of sulfone groups is 1. The van der Waals surface area contributed by atoms with Gasteiger partial charge in [-0.25, -0.2) is 8.42 Å². The van der Waals surface area contributed by atoms with E-state index in [0.717, 1.165) is 17.7 Å². The van der Waals surface area contributed by atoms with Crippen LogP contribution < -0.4 is 4.90 Å². The Morgan fingerprint density at radius 3 is 2.48 bits per heavy atom. The molecule has 2 saturated heterocycles. The van der Waals surface area contributed by atoms with Gasteiger partial charge >= 0.3 is 0 Å². The van der Waals surface area contributed by atoms with E-state index in [1.165, 1.54) is 5.56 Å². The first-order valence-corrected chi connectivity index (χ1v) is 11.1. The number of carbonyl (C=O) groups is 1. The minimum atomic E-state index is -3.15. The van der Waals surface area contributed by atoms with Crippen LogP contribution in [0.25, 0.3) is 0 Å². The van der Waals surface area contributed by atoms with E-state index >= 15 is 0 Å². The van der Waals surface area contributed by atoms with Crippen LogP contribution in [0.15, 0.2) is 54.6 Å². The van der Waals surface area contributed by atoms with E-state index in [0.29, 0.717) is 6.54 Å². The maximum absolute atomic E-state index is 13.0. The monoisotopic (exact) mass is 384 g/mol. The number of amides is 1. The molecule has 1 amide bonds. The number of carbonyl (C=O) groups excluding carboxylic acids is 1. The van der Waals surface area contributed by atoms with Crippen molar-refractivity contribution in [2.75, 3.05) is 29.5 Å². The van der Waals surface area contributed by atoms with Crippen LogP contribution in [0.5, 0.6) is 0 Å². The van der Waals surface area contributed by atoms with Gasteiger partial charge < -0.3 is 4.90 Å². The van der Waals surface area contributed by atoms with Gasteiger partial charge in [0.05, 0.1) is 24.1 Å². The van der Waals surface area contributed by atoms with Crippen LogP contribution in [0.3, 0.4) is 0 Å². The average Bonchev–Trinajstić information content (AvgIpc) is 2.95. The maximum atomic E-state index is 13.0. The molecule has 5 nitrogen and oxygen atoms in total. The molecule has 27 heavy (non-hydrogen) atoms. The molecule has 4 rings (SSSR count). The second-order valence-corrected chi connectivity index (χ2v) is 9.67. The minimum absolute atomic E-state index is 0.0213. The largest absolute Gasteiger partial charge is 0.306 e. The Bertz CT molecular complexity index is 943. The number of fused-ring (bicyclic) bond motifs is 1. The number of piperazine rings is 1. The predicted molar refractivity (Wildman–Crippen MR) is 107 cm³/mol. The zero-order valence-corrected chi connectivity index (χ0v) is 16.2. The van der Waals surface area contributed by atoms with Crippen molar-refractivity contribution in [1.29, 1.82) is 0 Å². The Kier molecular flexibility index (Phi) is 4.78. The highest BCUT2D eigenvalue weighted by Gasteiger charge is 2.49. The first-order valence-electron chi connectivity index (χ1n) is 9.30. The Morgan fingerprint density at radius 1 is 1.00 bits per heavy atom. The quantitative estimate of drug-likeness (QED) is 0.810. The number of benzene rings is 2. The van der Waals surface area contributed by atoms with Crippen LogP contribution in [0.2, 0.25) is 0 Å². The second kappa shape index (κ2) is 7.09. The molecule has 2 heterocycles. The van der Waals surface area contributed by atoms with Crippen LogP contribution in [-0.2, 0) is 21.1 Å². The van der Waals surface area contributed by atoms with Crippen molar-refractivity contribution in [2.45, 2.75) is 25.4 Å². The van der Waals surface area contributed by atoms with E-state index in [2.05, 4.69) is 17.0 Å². The Morgan fingerprint density at radius 2 is 1.74 bits per heavy atom. The fourth-order valence-corrected chi connectivity index (χ4v) is 6.21. The third-order valence-electron chi connectivity index (χ3n) is 5.51. The Balaban J connectivity index is 1.60. The van der Waals surface area contributed by atoms with Crippen LogP contribution in [0.1, 0.15) is 11.1 Å². The van der Waals surface area contributed by atoms with E-state index < -0.39 is 9.84 Å². The zero-order valence-electron chi connectivity index (χ0n) is 15.4. The highest BCUT2D eigenvalue weighted by Crippen LogP contribution is 2.32. The number of nitrogens with zero attached hydrogens (tertiary/aromatic N) is 2. The van der Waals surface area contributed by atoms with Crippen molar-refractivity contribution in [3.05, 3.63) is 65.7 Å². The average molecular weight is 385 g/mol. The van der Waals surface area contributed by atoms with Crippen molar-refractivity contribution >= 4 is 21.4 Å². The first-order chi connectivity index (χ1) is 12.9. The molecular weight excluding hydrogens is 360 g/mol. The highest BCUT2D eigenvalue weighted by atomic mass is 32.2. The van der Waals surface area contributed by atoms with Gasteiger partial charge in [0.2, 0.25) is 5.91 Å². The van der Waals surface area contributed by atoms with Crippen LogP contribution in [-0.4, -0.2) is 55.9 Å².